The molecule has 0 aliphatic carbocycles. The van der Waals surface area contributed by atoms with Crippen LogP contribution < -0.4 is 10.6 Å². The van der Waals surface area contributed by atoms with E-state index in [2.05, 4.69) is 10.6 Å². The molecule has 0 radical (unpaired) electrons. The van der Waals surface area contributed by atoms with Crippen LogP contribution in [0, 0.1) is 12.7 Å². The first kappa shape index (κ1) is 18.2. The molecule has 3 rings (SSSR count). The fraction of sp³-hybridized carbons (Fsp3) is 0.111. The van der Waals surface area contributed by atoms with Crippen molar-refractivity contribution in [1.82, 2.24) is 5.32 Å². The Morgan fingerprint density at radius 3 is 2.69 bits per heavy atom. The molecule has 1 aromatic heterocycles. The SMILES string of the molecule is Cc1c(C(=O)NCC(=O)Nc2cc(Cl)ccc2Cl)oc2ccc(F)cc12. The van der Waals surface area contributed by atoms with Gasteiger partial charge in [0.05, 0.1) is 17.3 Å². The van der Waals surface area contributed by atoms with Crippen LogP contribution in [0.1, 0.15) is 16.1 Å². The van der Waals surface area contributed by atoms with Crippen LogP contribution in [-0.4, -0.2) is 18.4 Å². The third kappa shape index (κ3) is 3.81. The summed E-state index contributed by atoms with van der Waals surface area (Å²) in [6.45, 7) is 1.35. The van der Waals surface area contributed by atoms with Crippen molar-refractivity contribution in [2.45, 2.75) is 6.92 Å². The molecule has 2 aromatic carbocycles. The van der Waals surface area contributed by atoms with E-state index in [1.54, 1.807) is 19.1 Å². The molecule has 0 aliphatic rings. The lowest BCUT2D eigenvalue weighted by Gasteiger charge is -2.08. The molecule has 0 spiro atoms. The molecule has 0 aliphatic heterocycles. The lowest BCUT2D eigenvalue weighted by atomic mass is 10.1. The molecule has 2 amide bonds. The number of rotatable bonds is 4. The van der Waals surface area contributed by atoms with Crippen LogP contribution in [0.2, 0.25) is 10.0 Å². The van der Waals surface area contributed by atoms with E-state index in [1.807, 2.05) is 0 Å². The van der Waals surface area contributed by atoms with Crippen LogP contribution in [0.15, 0.2) is 40.8 Å². The molecule has 26 heavy (non-hydrogen) atoms. The van der Waals surface area contributed by atoms with Gasteiger partial charge >= 0.3 is 0 Å². The minimum atomic E-state index is -0.577. The van der Waals surface area contributed by atoms with Crippen molar-refractivity contribution in [2.75, 3.05) is 11.9 Å². The maximum Gasteiger partial charge on any atom is 0.287 e. The third-order valence-electron chi connectivity index (χ3n) is 3.72. The number of halogens is 3. The molecule has 5 nitrogen and oxygen atoms in total. The molecule has 0 saturated heterocycles. The molecular weight excluding hydrogens is 382 g/mol. The van der Waals surface area contributed by atoms with Crippen molar-refractivity contribution in [3.63, 3.8) is 0 Å². The second kappa shape index (κ2) is 7.35. The molecular formula is C18H13Cl2FN2O3. The zero-order chi connectivity index (χ0) is 18.8. The highest BCUT2D eigenvalue weighted by molar-refractivity contribution is 6.35. The predicted molar refractivity (Wildman–Crippen MR) is 98.3 cm³/mol. The van der Waals surface area contributed by atoms with Gasteiger partial charge in [-0.1, -0.05) is 23.2 Å². The van der Waals surface area contributed by atoms with Gasteiger partial charge in [-0.15, -0.1) is 0 Å². The number of fused-ring (bicyclic) bond motifs is 1. The summed E-state index contributed by atoms with van der Waals surface area (Å²) in [4.78, 5) is 24.3. The Balaban J connectivity index is 1.68. The molecule has 0 atom stereocenters. The Hall–Kier alpha value is -2.57. The van der Waals surface area contributed by atoms with Gasteiger partial charge in [-0.3, -0.25) is 9.59 Å². The number of carbonyl (C=O) groups is 2. The summed E-state index contributed by atoms with van der Waals surface area (Å²) in [5, 5.41) is 6.26. The monoisotopic (exact) mass is 394 g/mol. The van der Waals surface area contributed by atoms with Gasteiger partial charge in [-0.05, 0) is 43.3 Å². The van der Waals surface area contributed by atoms with Crippen LogP contribution >= 0.6 is 23.2 Å². The van der Waals surface area contributed by atoms with Gasteiger partial charge in [-0.2, -0.15) is 0 Å². The maximum atomic E-state index is 13.3. The highest BCUT2D eigenvalue weighted by Crippen LogP contribution is 2.26. The predicted octanol–water partition coefficient (Wildman–Crippen LogP) is 4.56. The zero-order valence-electron chi connectivity index (χ0n) is 13.5. The number of anilines is 1. The second-order valence-corrected chi connectivity index (χ2v) is 6.40. The summed E-state index contributed by atoms with van der Waals surface area (Å²) in [7, 11) is 0. The van der Waals surface area contributed by atoms with E-state index >= 15 is 0 Å². The fourth-order valence-electron chi connectivity index (χ4n) is 2.44. The maximum absolute atomic E-state index is 13.3. The molecule has 0 saturated carbocycles. The highest BCUT2D eigenvalue weighted by atomic mass is 35.5. The first-order valence-corrected chi connectivity index (χ1v) is 8.32. The molecule has 1 heterocycles. The van der Waals surface area contributed by atoms with Crippen LogP contribution in [0.5, 0.6) is 0 Å². The van der Waals surface area contributed by atoms with Crippen molar-refractivity contribution >= 4 is 51.7 Å². The lowest BCUT2D eigenvalue weighted by molar-refractivity contribution is -0.115. The summed E-state index contributed by atoms with van der Waals surface area (Å²) in [5.74, 6) is -1.46. The normalized spacial score (nSPS) is 10.8. The van der Waals surface area contributed by atoms with Crippen molar-refractivity contribution in [1.29, 1.82) is 0 Å². The van der Waals surface area contributed by atoms with Gasteiger partial charge in [0.1, 0.15) is 11.4 Å². The van der Waals surface area contributed by atoms with E-state index in [0.29, 0.717) is 32.3 Å². The lowest BCUT2D eigenvalue weighted by Crippen LogP contribution is -2.33. The van der Waals surface area contributed by atoms with Crippen molar-refractivity contribution < 1.29 is 18.4 Å². The van der Waals surface area contributed by atoms with Crippen molar-refractivity contribution in [3.8, 4) is 0 Å². The number of benzene rings is 2. The van der Waals surface area contributed by atoms with E-state index in [-0.39, 0.29) is 12.3 Å². The molecule has 2 N–H and O–H groups in total. The fourth-order valence-corrected chi connectivity index (χ4v) is 2.78. The number of amides is 2. The van der Waals surface area contributed by atoms with Crippen molar-refractivity contribution in [3.05, 3.63) is 63.6 Å². The van der Waals surface area contributed by atoms with Gasteiger partial charge in [0.2, 0.25) is 5.91 Å². The average Bonchev–Trinajstić information content (AvgIpc) is 2.92. The molecule has 134 valence electrons. The van der Waals surface area contributed by atoms with Crippen LogP contribution in [0.25, 0.3) is 11.0 Å². The average molecular weight is 395 g/mol. The molecule has 0 bridgehead atoms. The highest BCUT2D eigenvalue weighted by Gasteiger charge is 2.18. The minimum absolute atomic E-state index is 0.0270. The van der Waals surface area contributed by atoms with E-state index in [1.165, 1.54) is 24.3 Å². The van der Waals surface area contributed by atoms with Crippen molar-refractivity contribution in [2.24, 2.45) is 0 Å². The molecule has 8 heteroatoms. The first-order valence-electron chi connectivity index (χ1n) is 7.57. The van der Waals surface area contributed by atoms with Gasteiger partial charge in [0.25, 0.3) is 5.91 Å². The number of hydrogen-bond donors (Lipinski definition) is 2. The quantitative estimate of drug-likeness (QED) is 0.681. The Bertz CT molecular complexity index is 1020. The minimum Gasteiger partial charge on any atom is -0.451 e. The molecule has 0 fully saturated rings. The first-order chi connectivity index (χ1) is 12.3. The van der Waals surface area contributed by atoms with E-state index in [4.69, 9.17) is 27.6 Å². The topological polar surface area (TPSA) is 71.3 Å². The number of furan rings is 1. The van der Waals surface area contributed by atoms with E-state index < -0.39 is 17.6 Å². The Labute approximate surface area is 158 Å². The number of nitrogens with one attached hydrogen (secondary N) is 2. The number of aryl methyl sites for hydroxylation is 1. The molecule has 0 unspecified atom stereocenters. The summed E-state index contributed by atoms with van der Waals surface area (Å²) in [5.41, 5.74) is 1.23. The van der Waals surface area contributed by atoms with E-state index in [0.717, 1.165) is 0 Å². The second-order valence-electron chi connectivity index (χ2n) is 5.55. The van der Waals surface area contributed by atoms with Gasteiger partial charge in [-0.25, -0.2) is 4.39 Å². The summed E-state index contributed by atoms with van der Waals surface area (Å²) in [6, 6.07) is 8.63. The van der Waals surface area contributed by atoms with Gasteiger partial charge in [0, 0.05) is 16.0 Å². The van der Waals surface area contributed by atoms with Crippen LogP contribution in [-0.2, 0) is 4.79 Å². The van der Waals surface area contributed by atoms with Crippen LogP contribution in [0.4, 0.5) is 10.1 Å². The van der Waals surface area contributed by atoms with Gasteiger partial charge < -0.3 is 15.1 Å². The summed E-state index contributed by atoms with van der Waals surface area (Å²) < 4.78 is 18.8. The third-order valence-corrected chi connectivity index (χ3v) is 4.28. The standard InChI is InChI=1S/C18H13Cl2FN2O3/c1-9-12-7-11(21)3-5-15(12)26-17(9)18(25)22-8-16(24)23-14-6-10(19)2-4-13(14)20/h2-7H,8H2,1H3,(H,22,25)(H,23,24). The summed E-state index contributed by atoms with van der Waals surface area (Å²) >= 11 is 11.8. The summed E-state index contributed by atoms with van der Waals surface area (Å²) in [6.07, 6.45) is 0. The smallest absolute Gasteiger partial charge is 0.287 e. The zero-order valence-corrected chi connectivity index (χ0v) is 15.0. The Morgan fingerprint density at radius 1 is 1.15 bits per heavy atom. The van der Waals surface area contributed by atoms with Crippen LogP contribution in [0.3, 0.4) is 0 Å². The van der Waals surface area contributed by atoms with E-state index in [9.17, 15) is 14.0 Å². The van der Waals surface area contributed by atoms with Gasteiger partial charge in [0.15, 0.2) is 5.76 Å². The molecule has 3 aromatic rings. The largest absolute Gasteiger partial charge is 0.451 e. The number of hydrogen-bond acceptors (Lipinski definition) is 3. The Kier molecular flexibility index (Phi) is 5.15. The Morgan fingerprint density at radius 2 is 1.92 bits per heavy atom. The number of carbonyl (C=O) groups excluding carboxylic acids is 2.